The zero-order valence-electron chi connectivity index (χ0n) is 6.37. The predicted molar refractivity (Wildman–Crippen MR) is 51.1 cm³/mol. The average Bonchev–Trinajstić information content (AvgIpc) is 1.94. The number of benzene rings is 1. The highest BCUT2D eigenvalue weighted by atomic mass is 79.9. The fourth-order valence-corrected chi connectivity index (χ4v) is 0.878. The van der Waals surface area contributed by atoms with Crippen molar-refractivity contribution >= 4 is 17.0 Å². The predicted octanol–water partition coefficient (Wildman–Crippen LogP) is 1.74. The van der Waals surface area contributed by atoms with E-state index in [1.807, 2.05) is 13.0 Å². The largest absolute Gasteiger partial charge is 0.508 e. The summed E-state index contributed by atoms with van der Waals surface area (Å²) in [5, 5.41) is 9.01. The van der Waals surface area contributed by atoms with Crippen LogP contribution in [0.15, 0.2) is 18.2 Å². The molecule has 0 atom stereocenters. The minimum atomic E-state index is 0. The van der Waals surface area contributed by atoms with Crippen LogP contribution in [0, 0.1) is 6.92 Å². The molecular formula is C8H12BrNO. The highest BCUT2D eigenvalue weighted by Gasteiger charge is 1.95. The van der Waals surface area contributed by atoms with Crippen LogP contribution >= 0.6 is 17.0 Å². The monoisotopic (exact) mass is 217 g/mol. The molecule has 0 aliphatic rings. The van der Waals surface area contributed by atoms with Crippen molar-refractivity contribution in [3.63, 3.8) is 0 Å². The molecule has 62 valence electrons. The number of nitrogens with two attached hydrogens (primary N) is 1. The normalized spacial score (nSPS) is 8.91. The van der Waals surface area contributed by atoms with Gasteiger partial charge in [0.15, 0.2) is 0 Å². The number of phenolic OH excluding ortho intramolecular Hbond substituents is 1. The van der Waals surface area contributed by atoms with Crippen LogP contribution in [0.2, 0.25) is 0 Å². The van der Waals surface area contributed by atoms with Gasteiger partial charge in [-0.1, -0.05) is 6.07 Å². The first-order chi connectivity index (χ1) is 4.74. The molecule has 0 amide bonds. The van der Waals surface area contributed by atoms with E-state index in [9.17, 15) is 0 Å². The Labute approximate surface area is 76.8 Å². The molecule has 2 nitrogen and oxygen atoms in total. The highest BCUT2D eigenvalue weighted by Crippen LogP contribution is 2.14. The lowest BCUT2D eigenvalue weighted by atomic mass is 10.1. The van der Waals surface area contributed by atoms with Crippen LogP contribution in [0.25, 0.3) is 0 Å². The number of hydrogen-bond donors (Lipinski definition) is 2. The highest BCUT2D eigenvalue weighted by molar-refractivity contribution is 8.93. The molecule has 0 heterocycles. The Balaban J connectivity index is 0.000001000. The van der Waals surface area contributed by atoms with Crippen molar-refractivity contribution in [2.75, 3.05) is 0 Å². The zero-order chi connectivity index (χ0) is 7.56. The molecule has 0 saturated carbocycles. The topological polar surface area (TPSA) is 46.2 Å². The van der Waals surface area contributed by atoms with Crippen molar-refractivity contribution in [2.45, 2.75) is 13.5 Å². The Bertz CT molecular complexity index is 238. The molecule has 0 saturated heterocycles. The fraction of sp³-hybridized carbons (Fsp3) is 0.250. The maximum absolute atomic E-state index is 9.01. The van der Waals surface area contributed by atoms with Gasteiger partial charge in [-0.3, -0.25) is 0 Å². The third-order valence-electron chi connectivity index (χ3n) is 1.55. The van der Waals surface area contributed by atoms with Gasteiger partial charge in [0, 0.05) is 6.54 Å². The number of halogens is 1. The van der Waals surface area contributed by atoms with Gasteiger partial charge in [-0.15, -0.1) is 17.0 Å². The van der Waals surface area contributed by atoms with Crippen molar-refractivity contribution < 1.29 is 5.11 Å². The van der Waals surface area contributed by atoms with E-state index >= 15 is 0 Å². The van der Waals surface area contributed by atoms with Crippen LogP contribution in [0.3, 0.4) is 0 Å². The first kappa shape index (κ1) is 10.5. The van der Waals surface area contributed by atoms with Gasteiger partial charge in [-0.2, -0.15) is 0 Å². The van der Waals surface area contributed by atoms with Crippen molar-refractivity contribution in [1.29, 1.82) is 0 Å². The quantitative estimate of drug-likeness (QED) is 0.754. The van der Waals surface area contributed by atoms with Gasteiger partial charge in [0.2, 0.25) is 0 Å². The van der Waals surface area contributed by atoms with Crippen LogP contribution < -0.4 is 5.73 Å². The molecule has 11 heavy (non-hydrogen) atoms. The molecule has 0 radical (unpaired) electrons. The summed E-state index contributed by atoms with van der Waals surface area (Å²) in [5.74, 6) is 0.283. The molecule has 3 heteroatoms. The molecule has 3 N–H and O–H groups in total. The number of aromatic hydroxyl groups is 1. The second kappa shape index (κ2) is 4.36. The zero-order valence-corrected chi connectivity index (χ0v) is 8.09. The number of phenols is 1. The summed E-state index contributed by atoms with van der Waals surface area (Å²) in [4.78, 5) is 0. The lowest BCUT2D eigenvalue weighted by Gasteiger charge is -2.01. The van der Waals surface area contributed by atoms with Crippen LogP contribution in [0.5, 0.6) is 5.75 Å². The lowest BCUT2D eigenvalue weighted by Crippen LogP contribution is -1.97. The summed E-state index contributed by atoms with van der Waals surface area (Å²) in [6.45, 7) is 2.46. The van der Waals surface area contributed by atoms with Gasteiger partial charge in [0.1, 0.15) is 5.75 Å². The summed E-state index contributed by atoms with van der Waals surface area (Å²) in [7, 11) is 0. The summed E-state index contributed by atoms with van der Waals surface area (Å²) in [5.41, 5.74) is 7.53. The van der Waals surface area contributed by atoms with E-state index in [0.717, 1.165) is 11.1 Å². The molecule has 1 aromatic rings. The van der Waals surface area contributed by atoms with E-state index in [0.29, 0.717) is 6.54 Å². The molecule has 0 aliphatic heterocycles. The molecule has 0 fully saturated rings. The van der Waals surface area contributed by atoms with E-state index in [4.69, 9.17) is 10.8 Å². The smallest absolute Gasteiger partial charge is 0.115 e. The van der Waals surface area contributed by atoms with E-state index in [1.54, 1.807) is 12.1 Å². The van der Waals surface area contributed by atoms with Crippen LogP contribution in [0.4, 0.5) is 0 Å². The third-order valence-corrected chi connectivity index (χ3v) is 1.55. The van der Waals surface area contributed by atoms with E-state index in [-0.39, 0.29) is 22.7 Å². The Morgan fingerprint density at radius 1 is 1.45 bits per heavy atom. The van der Waals surface area contributed by atoms with E-state index in [2.05, 4.69) is 0 Å². The van der Waals surface area contributed by atoms with Gasteiger partial charge >= 0.3 is 0 Å². The molecule has 1 aromatic carbocycles. The van der Waals surface area contributed by atoms with Crippen LogP contribution in [-0.2, 0) is 6.54 Å². The maximum Gasteiger partial charge on any atom is 0.115 e. The summed E-state index contributed by atoms with van der Waals surface area (Å²) in [6, 6.07) is 5.21. The van der Waals surface area contributed by atoms with Gasteiger partial charge in [-0.25, -0.2) is 0 Å². The molecule has 0 bridgehead atoms. The van der Waals surface area contributed by atoms with Crippen LogP contribution in [-0.4, -0.2) is 5.11 Å². The van der Waals surface area contributed by atoms with Gasteiger partial charge < -0.3 is 10.8 Å². The molecular weight excluding hydrogens is 206 g/mol. The average molecular weight is 218 g/mol. The van der Waals surface area contributed by atoms with Crippen molar-refractivity contribution in [2.24, 2.45) is 5.73 Å². The van der Waals surface area contributed by atoms with Gasteiger partial charge in [0.05, 0.1) is 0 Å². The summed E-state index contributed by atoms with van der Waals surface area (Å²) >= 11 is 0. The number of aryl methyl sites for hydroxylation is 1. The minimum absolute atomic E-state index is 0. The Kier molecular flexibility index (Phi) is 4.15. The Morgan fingerprint density at radius 3 is 2.55 bits per heavy atom. The Morgan fingerprint density at radius 2 is 2.09 bits per heavy atom. The first-order valence-corrected chi connectivity index (χ1v) is 3.22. The van der Waals surface area contributed by atoms with Crippen molar-refractivity contribution in [3.8, 4) is 5.75 Å². The van der Waals surface area contributed by atoms with Crippen molar-refractivity contribution in [3.05, 3.63) is 29.3 Å². The lowest BCUT2D eigenvalue weighted by molar-refractivity contribution is 0.474. The maximum atomic E-state index is 9.01. The molecule has 1 rings (SSSR count). The number of rotatable bonds is 1. The van der Waals surface area contributed by atoms with E-state index in [1.165, 1.54) is 0 Å². The molecule has 0 aliphatic carbocycles. The SMILES string of the molecule is Br.Cc1ccc(O)cc1CN. The summed E-state index contributed by atoms with van der Waals surface area (Å²) in [6.07, 6.45) is 0. The van der Waals surface area contributed by atoms with Crippen LogP contribution in [0.1, 0.15) is 11.1 Å². The molecule has 0 spiro atoms. The second-order valence-corrected chi connectivity index (χ2v) is 2.31. The second-order valence-electron chi connectivity index (χ2n) is 2.31. The van der Waals surface area contributed by atoms with Gasteiger partial charge in [-0.05, 0) is 30.2 Å². The summed E-state index contributed by atoms with van der Waals surface area (Å²) < 4.78 is 0. The van der Waals surface area contributed by atoms with Gasteiger partial charge in [0.25, 0.3) is 0 Å². The van der Waals surface area contributed by atoms with E-state index < -0.39 is 0 Å². The molecule has 0 unspecified atom stereocenters. The number of hydrogen-bond acceptors (Lipinski definition) is 2. The van der Waals surface area contributed by atoms with Crippen molar-refractivity contribution in [1.82, 2.24) is 0 Å². The molecule has 0 aromatic heterocycles. The standard InChI is InChI=1S/C8H11NO.BrH/c1-6-2-3-8(10)4-7(6)5-9;/h2-4,10H,5,9H2,1H3;1H. The first-order valence-electron chi connectivity index (χ1n) is 3.22. The third kappa shape index (κ3) is 2.52. The fourth-order valence-electron chi connectivity index (χ4n) is 0.878. The minimum Gasteiger partial charge on any atom is -0.508 e. The Hall–Kier alpha value is -0.540.